The lowest BCUT2D eigenvalue weighted by Gasteiger charge is -2.34. The van der Waals surface area contributed by atoms with E-state index in [1.807, 2.05) is 33.8 Å². The Morgan fingerprint density at radius 2 is 2.04 bits per heavy atom. The summed E-state index contributed by atoms with van der Waals surface area (Å²) >= 11 is 3.49. The summed E-state index contributed by atoms with van der Waals surface area (Å²) in [6.07, 6.45) is 3.48. The van der Waals surface area contributed by atoms with Crippen LogP contribution in [0.15, 0.2) is 16.7 Å². The number of piperidine rings is 1. The molecular weight excluding hydrogens is 410 g/mol. The number of hydrogen-bond acceptors (Lipinski definition) is 5. The number of ether oxygens (including phenoxy) is 1. The third-order valence-corrected chi connectivity index (χ3v) is 5.27. The molecule has 2 aromatic heterocycles. The average molecular weight is 438 g/mol. The van der Waals surface area contributed by atoms with Crippen LogP contribution in [0, 0.1) is 12.8 Å². The van der Waals surface area contributed by atoms with Crippen molar-refractivity contribution in [3.05, 3.63) is 22.4 Å². The smallest absolute Gasteiger partial charge is 0.416 e. The molecule has 7 nitrogen and oxygen atoms in total. The van der Waals surface area contributed by atoms with Crippen molar-refractivity contribution in [1.82, 2.24) is 19.5 Å². The molecule has 0 radical (unpaired) electrons. The Labute approximate surface area is 168 Å². The average Bonchev–Trinajstić information content (AvgIpc) is 2.93. The molecule has 148 valence electrons. The van der Waals surface area contributed by atoms with Gasteiger partial charge in [0.2, 0.25) is 0 Å². The van der Waals surface area contributed by atoms with Crippen LogP contribution in [-0.2, 0) is 4.74 Å². The molecule has 8 heteroatoms. The van der Waals surface area contributed by atoms with Crippen LogP contribution < -0.4 is 4.90 Å². The molecule has 0 atom stereocenters. The largest absolute Gasteiger partial charge is 0.443 e. The van der Waals surface area contributed by atoms with Crippen LogP contribution in [0.2, 0.25) is 0 Å². The summed E-state index contributed by atoms with van der Waals surface area (Å²) in [5.41, 5.74) is 0.964. The van der Waals surface area contributed by atoms with Crippen molar-refractivity contribution >= 4 is 33.5 Å². The van der Waals surface area contributed by atoms with Crippen LogP contribution in [0.25, 0.3) is 5.65 Å². The molecule has 1 fully saturated rings. The molecule has 0 unspecified atom stereocenters. The lowest BCUT2D eigenvalue weighted by atomic mass is 9.96. The molecule has 0 N–H and O–H groups in total. The minimum atomic E-state index is -0.562. The molecule has 0 aromatic carbocycles. The van der Waals surface area contributed by atoms with Crippen LogP contribution in [0.1, 0.15) is 39.3 Å². The minimum Gasteiger partial charge on any atom is -0.443 e. The van der Waals surface area contributed by atoms with Crippen LogP contribution in [0.5, 0.6) is 0 Å². The Balaban J connectivity index is 1.97. The predicted octanol–water partition coefficient (Wildman–Crippen LogP) is 3.88. The summed E-state index contributed by atoms with van der Waals surface area (Å²) < 4.78 is 8.22. The number of likely N-dealkylation sites (tertiary alicyclic amines) is 1. The third-order valence-electron chi connectivity index (χ3n) is 4.71. The Kier molecular flexibility index (Phi) is 5.76. The first-order valence-corrected chi connectivity index (χ1v) is 10.1. The van der Waals surface area contributed by atoms with Crippen molar-refractivity contribution < 1.29 is 9.53 Å². The summed E-state index contributed by atoms with van der Waals surface area (Å²) in [7, 11) is 2.14. The number of halogens is 1. The van der Waals surface area contributed by atoms with E-state index in [0.29, 0.717) is 23.9 Å². The molecule has 0 aliphatic carbocycles. The monoisotopic (exact) mass is 437 g/mol. The maximum atomic E-state index is 13.1. The third kappa shape index (κ3) is 4.79. The number of fused-ring (bicyclic) bond motifs is 1. The number of carbonyl (C=O) groups is 1. The normalized spacial score (nSPS) is 16.7. The highest BCUT2D eigenvalue weighted by Crippen LogP contribution is 2.27. The topological polar surface area (TPSA) is 63.0 Å². The number of amides is 1. The van der Waals surface area contributed by atoms with E-state index in [0.717, 1.165) is 36.1 Å². The lowest BCUT2D eigenvalue weighted by Crippen LogP contribution is -2.43. The first kappa shape index (κ1) is 20.1. The van der Waals surface area contributed by atoms with Gasteiger partial charge in [0.05, 0.1) is 10.7 Å². The van der Waals surface area contributed by atoms with Crippen LogP contribution in [0.3, 0.4) is 0 Å². The maximum absolute atomic E-state index is 13.1. The molecule has 1 aliphatic rings. The van der Waals surface area contributed by atoms with Gasteiger partial charge >= 0.3 is 6.09 Å². The van der Waals surface area contributed by atoms with Crippen molar-refractivity contribution in [2.45, 2.75) is 46.1 Å². The van der Waals surface area contributed by atoms with Crippen molar-refractivity contribution in [3.63, 3.8) is 0 Å². The van der Waals surface area contributed by atoms with Crippen LogP contribution in [0.4, 0.5) is 10.6 Å². The molecule has 1 amide bonds. The number of anilines is 1. The number of rotatable bonds is 3. The molecule has 3 heterocycles. The van der Waals surface area contributed by atoms with E-state index in [1.165, 1.54) is 0 Å². The SMILES string of the molecule is Cc1cc(N(CC2CCN(C)CC2)C(=O)OC(C)(C)C)n2ncc(Br)c2n1. The van der Waals surface area contributed by atoms with E-state index in [2.05, 4.69) is 38.0 Å². The standard InChI is InChI=1S/C19H28BrN5O2/c1-13-10-16(25-17(22-13)15(20)11-21-25)24(18(26)27-19(2,3)4)12-14-6-8-23(5)9-7-14/h10-11,14H,6-9,12H2,1-5H3. The van der Waals surface area contributed by atoms with Gasteiger partial charge in [-0.2, -0.15) is 9.61 Å². The summed E-state index contributed by atoms with van der Waals surface area (Å²) in [6, 6.07) is 1.89. The Bertz CT molecular complexity index is 821. The van der Waals surface area contributed by atoms with Crippen LogP contribution >= 0.6 is 15.9 Å². The van der Waals surface area contributed by atoms with Gasteiger partial charge in [-0.3, -0.25) is 4.90 Å². The molecule has 2 aromatic rings. The van der Waals surface area contributed by atoms with Gasteiger partial charge in [-0.05, 0) is 82.5 Å². The second-order valence-electron chi connectivity index (χ2n) is 8.32. The van der Waals surface area contributed by atoms with Gasteiger partial charge < -0.3 is 9.64 Å². The number of aromatic nitrogens is 3. The maximum Gasteiger partial charge on any atom is 0.416 e. The zero-order valence-electron chi connectivity index (χ0n) is 16.7. The van der Waals surface area contributed by atoms with Crippen molar-refractivity contribution in [1.29, 1.82) is 0 Å². The molecule has 1 saturated heterocycles. The van der Waals surface area contributed by atoms with Gasteiger partial charge in [-0.1, -0.05) is 0 Å². The number of nitrogens with zero attached hydrogens (tertiary/aromatic N) is 5. The second kappa shape index (κ2) is 7.75. The second-order valence-corrected chi connectivity index (χ2v) is 9.18. The first-order chi connectivity index (χ1) is 12.6. The zero-order chi connectivity index (χ0) is 19.8. The van der Waals surface area contributed by atoms with Gasteiger partial charge in [0.1, 0.15) is 11.4 Å². The molecule has 0 saturated carbocycles. The van der Waals surface area contributed by atoms with Crippen molar-refractivity contribution in [2.75, 3.05) is 31.6 Å². The summed E-state index contributed by atoms with van der Waals surface area (Å²) in [6.45, 7) is 10.3. The fourth-order valence-electron chi connectivity index (χ4n) is 3.31. The fourth-order valence-corrected chi connectivity index (χ4v) is 3.66. The summed E-state index contributed by atoms with van der Waals surface area (Å²) in [4.78, 5) is 21.7. The molecule has 27 heavy (non-hydrogen) atoms. The fraction of sp³-hybridized carbons (Fsp3) is 0.632. The van der Waals surface area contributed by atoms with Crippen LogP contribution in [-0.4, -0.2) is 57.9 Å². The highest BCUT2D eigenvalue weighted by molar-refractivity contribution is 9.10. The first-order valence-electron chi connectivity index (χ1n) is 9.34. The quantitative estimate of drug-likeness (QED) is 0.728. The number of aryl methyl sites for hydroxylation is 1. The van der Waals surface area contributed by atoms with E-state index < -0.39 is 5.60 Å². The lowest BCUT2D eigenvalue weighted by molar-refractivity contribution is 0.0567. The van der Waals surface area contributed by atoms with E-state index in [-0.39, 0.29) is 6.09 Å². The van der Waals surface area contributed by atoms with Gasteiger partial charge in [0, 0.05) is 18.3 Å². The van der Waals surface area contributed by atoms with Gasteiger partial charge in [-0.25, -0.2) is 9.78 Å². The zero-order valence-corrected chi connectivity index (χ0v) is 18.3. The molecule has 1 aliphatic heterocycles. The van der Waals surface area contributed by atoms with E-state index >= 15 is 0 Å². The van der Waals surface area contributed by atoms with Crippen molar-refractivity contribution in [2.24, 2.45) is 5.92 Å². The highest BCUT2D eigenvalue weighted by atomic mass is 79.9. The Morgan fingerprint density at radius 1 is 1.37 bits per heavy atom. The van der Waals surface area contributed by atoms with Gasteiger partial charge in [0.25, 0.3) is 0 Å². The van der Waals surface area contributed by atoms with E-state index in [4.69, 9.17) is 4.74 Å². The number of carbonyl (C=O) groups excluding carboxylic acids is 1. The molecule has 0 bridgehead atoms. The minimum absolute atomic E-state index is 0.347. The van der Waals surface area contributed by atoms with Gasteiger partial charge in [0.15, 0.2) is 5.65 Å². The summed E-state index contributed by atoms with van der Waals surface area (Å²) in [5.74, 6) is 1.12. The van der Waals surface area contributed by atoms with E-state index in [9.17, 15) is 4.79 Å². The molecule has 0 spiro atoms. The highest BCUT2D eigenvalue weighted by Gasteiger charge is 2.29. The predicted molar refractivity (Wildman–Crippen MR) is 109 cm³/mol. The van der Waals surface area contributed by atoms with E-state index in [1.54, 1.807) is 15.6 Å². The molecule has 3 rings (SSSR count). The molecular formula is C19H28BrN5O2. The number of hydrogen-bond donors (Lipinski definition) is 0. The Hall–Kier alpha value is -1.67. The van der Waals surface area contributed by atoms with Crippen molar-refractivity contribution in [3.8, 4) is 0 Å². The summed E-state index contributed by atoms with van der Waals surface area (Å²) in [5, 5.41) is 4.41. The van der Waals surface area contributed by atoms with Gasteiger partial charge in [-0.15, -0.1) is 0 Å². The Morgan fingerprint density at radius 3 is 2.67 bits per heavy atom.